The Morgan fingerprint density at radius 1 is 1.35 bits per heavy atom. The zero-order valence-corrected chi connectivity index (χ0v) is 11.1. The van der Waals surface area contributed by atoms with Crippen molar-refractivity contribution in [2.45, 2.75) is 13.2 Å². The molecule has 0 unspecified atom stereocenters. The first kappa shape index (κ1) is 12.4. The molecule has 2 rings (SSSR count). The Balaban J connectivity index is 2.24. The van der Waals surface area contributed by atoms with Crippen molar-refractivity contribution in [3.05, 3.63) is 51.2 Å². The molecule has 0 spiro atoms. The highest BCUT2D eigenvalue weighted by atomic mass is 35.5. The second kappa shape index (κ2) is 5.54. The molecule has 2 nitrogen and oxygen atoms in total. The number of hydrogen-bond acceptors (Lipinski definition) is 3. The average molecular weight is 268 g/mol. The van der Waals surface area contributed by atoms with Crippen molar-refractivity contribution in [3.8, 4) is 0 Å². The molecule has 1 aromatic heterocycles. The molecule has 0 saturated carbocycles. The maximum absolute atomic E-state index is 9.37. The van der Waals surface area contributed by atoms with E-state index >= 15 is 0 Å². The van der Waals surface area contributed by atoms with E-state index in [1.807, 2.05) is 19.2 Å². The van der Waals surface area contributed by atoms with E-state index in [1.165, 1.54) is 5.56 Å². The van der Waals surface area contributed by atoms with Crippen molar-refractivity contribution in [1.29, 1.82) is 0 Å². The maximum Gasteiger partial charge on any atom is 0.0716 e. The smallest absolute Gasteiger partial charge is 0.0716 e. The van der Waals surface area contributed by atoms with Gasteiger partial charge in [-0.05, 0) is 34.5 Å². The van der Waals surface area contributed by atoms with Gasteiger partial charge in [0.25, 0.3) is 0 Å². The Kier molecular flexibility index (Phi) is 4.05. The second-order valence-electron chi connectivity index (χ2n) is 3.88. The molecular formula is C13H14ClNOS. The molecule has 0 radical (unpaired) electrons. The van der Waals surface area contributed by atoms with Crippen LogP contribution < -0.4 is 4.90 Å². The summed E-state index contributed by atoms with van der Waals surface area (Å²) in [4.78, 5) is 2.10. The van der Waals surface area contributed by atoms with Gasteiger partial charge in [-0.25, -0.2) is 0 Å². The first-order valence-corrected chi connectivity index (χ1v) is 6.65. The first-order valence-electron chi connectivity index (χ1n) is 5.33. The SMILES string of the molecule is CN(Cc1ccsc1)c1cccc(Cl)c1CO. The van der Waals surface area contributed by atoms with Crippen LogP contribution in [0.2, 0.25) is 5.02 Å². The maximum atomic E-state index is 9.37. The lowest BCUT2D eigenvalue weighted by molar-refractivity contribution is 0.282. The minimum Gasteiger partial charge on any atom is -0.392 e. The summed E-state index contributed by atoms with van der Waals surface area (Å²) in [7, 11) is 2.00. The highest BCUT2D eigenvalue weighted by Crippen LogP contribution is 2.28. The Morgan fingerprint density at radius 3 is 2.82 bits per heavy atom. The second-order valence-corrected chi connectivity index (χ2v) is 5.07. The van der Waals surface area contributed by atoms with Crippen molar-refractivity contribution >= 4 is 28.6 Å². The Morgan fingerprint density at radius 2 is 2.18 bits per heavy atom. The fraction of sp³-hybridized carbons (Fsp3) is 0.231. The number of aliphatic hydroxyl groups excluding tert-OH is 1. The van der Waals surface area contributed by atoms with Crippen LogP contribution in [-0.4, -0.2) is 12.2 Å². The van der Waals surface area contributed by atoms with Gasteiger partial charge in [0, 0.05) is 29.9 Å². The van der Waals surface area contributed by atoms with Crippen molar-refractivity contribution in [3.63, 3.8) is 0 Å². The summed E-state index contributed by atoms with van der Waals surface area (Å²) in [6, 6.07) is 7.78. The molecule has 0 saturated heterocycles. The van der Waals surface area contributed by atoms with Gasteiger partial charge in [0.05, 0.1) is 6.61 Å². The van der Waals surface area contributed by atoms with Crippen molar-refractivity contribution < 1.29 is 5.11 Å². The predicted octanol–water partition coefficient (Wildman–Crippen LogP) is 3.53. The lowest BCUT2D eigenvalue weighted by Crippen LogP contribution is -2.17. The Labute approximate surface area is 110 Å². The van der Waals surface area contributed by atoms with E-state index in [1.54, 1.807) is 17.4 Å². The van der Waals surface area contributed by atoms with Crippen LogP contribution >= 0.6 is 22.9 Å². The lowest BCUT2D eigenvalue weighted by atomic mass is 10.1. The number of halogens is 1. The number of anilines is 1. The molecule has 0 aliphatic heterocycles. The van der Waals surface area contributed by atoms with Gasteiger partial charge in [0.1, 0.15) is 0 Å². The molecule has 0 aliphatic carbocycles. The van der Waals surface area contributed by atoms with Crippen molar-refractivity contribution in [2.75, 3.05) is 11.9 Å². The van der Waals surface area contributed by atoms with Crippen LogP contribution in [0.15, 0.2) is 35.0 Å². The van der Waals surface area contributed by atoms with Gasteiger partial charge in [0.2, 0.25) is 0 Å². The molecule has 4 heteroatoms. The fourth-order valence-electron chi connectivity index (χ4n) is 1.80. The zero-order valence-electron chi connectivity index (χ0n) is 9.56. The fourth-order valence-corrected chi connectivity index (χ4v) is 2.69. The third-order valence-electron chi connectivity index (χ3n) is 2.66. The van der Waals surface area contributed by atoms with Gasteiger partial charge < -0.3 is 10.0 Å². The number of nitrogens with zero attached hydrogens (tertiary/aromatic N) is 1. The van der Waals surface area contributed by atoms with E-state index in [0.717, 1.165) is 17.8 Å². The Hall–Kier alpha value is -1.03. The van der Waals surface area contributed by atoms with Crippen molar-refractivity contribution in [2.24, 2.45) is 0 Å². The van der Waals surface area contributed by atoms with Crippen LogP contribution in [0.4, 0.5) is 5.69 Å². The summed E-state index contributed by atoms with van der Waals surface area (Å²) < 4.78 is 0. The standard InChI is InChI=1S/C13H14ClNOS/c1-15(7-10-5-6-17-9-10)13-4-2-3-12(14)11(13)8-16/h2-6,9,16H,7-8H2,1H3. The molecule has 0 fully saturated rings. The van der Waals surface area contributed by atoms with E-state index in [9.17, 15) is 5.11 Å². The van der Waals surface area contributed by atoms with Gasteiger partial charge in [0.15, 0.2) is 0 Å². The number of thiophene rings is 1. The molecule has 0 amide bonds. The Bertz CT molecular complexity index is 484. The van der Waals surface area contributed by atoms with E-state index in [4.69, 9.17) is 11.6 Å². The molecule has 0 bridgehead atoms. The number of rotatable bonds is 4. The summed E-state index contributed by atoms with van der Waals surface area (Å²) in [6.07, 6.45) is 0. The van der Waals surface area contributed by atoms with Gasteiger partial charge in [-0.15, -0.1) is 0 Å². The monoisotopic (exact) mass is 267 g/mol. The summed E-state index contributed by atoms with van der Waals surface area (Å²) in [5.74, 6) is 0. The van der Waals surface area contributed by atoms with Gasteiger partial charge in [-0.2, -0.15) is 11.3 Å². The van der Waals surface area contributed by atoms with Gasteiger partial charge in [-0.1, -0.05) is 17.7 Å². The summed E-state index contributed by atoms with van der Waals surface area (Å²) in [5, 5.41) is 14.2. The minimum atomic E-state index is -0.0387. The number of aliphatic hydroxyl groups is 1. The number of hydrogen-bond donors (Lipinski definition) is 1. The van der Waals surface area contributed by atoms with Crippen molar-refractivity contribution in [1.82, 2.24) is 0 Å². The third-order valence-corrected chi connectivity index (χ3v) is 3.75. The minimum absolute atomic E-state index is 0.0387. The topological polar surface area (TPSA) is 23.5 Å². The summed E-state index contributed by atoms with van der Waals surface area (Å²) in [5.41, 5.74) is 3.03. The molecule has 0 aliphatic rings. The largest absolute Gasteiger partial charge is 0.392 e. The molecular weight excluding hydrogens is 254 g/mol. The van der Waals surface area contributed by atoms with Crippen LogP contribution in [0.5, 0.6) is 0 Å². The number of benzene rings is 1. The quantitative estimate of drug-likeness (QED) is 0.916. The van der Waals surface area contributed by atoms with Crippen LogP contribution in [0.3, 0.4) is 0 Å². The zero-order chi connectivity index (χ0) is 12.3. The lowest BCUT2D eigenvalue weighted by Gasteiger charge is -2.22. The molecule has 90 valence electrons. The van der Waals surface area contributed by atoms with Crippen LogP contribution in [-0.2, 0) is 13.2 Å². The third kappa shape index (κ3) is 2.80. The molecule has 1 aromatic carbocycles. The van der Waals surface area contributed by atoms with E-state index in [0.29, 0.717) is 5.02 Å². The van der Waals surface area contributed by atoms with Crippen LogP contribution in [0, 0.1) is 0 Å². The van der Waals surface area contributed by atoms with Gasteiger partial charge in [-0.3, -0.25) is 0 Å². The highest BCUT2D eigenvalue weighted by molar-refractivity contribution is 7.07. The van der Waals surface area contributed by atoms with E-state index in [-0.39, 0.29) is 6.61 Å². The first-order chi connectivity index (χ1) is 8.22. The van der Waals surface area contributed by atoms with E-state index in [2.05, 4.69) is 21.7 Å². The molecule has 1 heterocycles. The predicted molar refractivity (Wildman–Crippen MR) is 73.8 cm³/mol. The highest BCUT2D eigenvalue weighted by Gasteiger charge is 2.10. The molecule has 1 N–H and O–H groups in total. The molecule has 17 heavy (non-hydrogen) atoms. The van der Waals surface area contributed by atoms with Crippen LogP contribution in [0.25, 0.3) is 0 Å². The summed E-state index contributed by atoms with van der Waals surface area (Å²) in [6.45, 7) is 0.778. The molecule has 2 aromatic rings. The normalized spacial score (nSPS) is 10.5. The molecule has 0 atom stereocenters. The average Bonchev–Trinajstić information content (AvgIpc) is 2.81. The van der Waals surface area contributed by atoms with Gasteiger partial charge >= 0.3 is 0 Å². The van der Waals surface area contributed by atoms with E-state index < -0.39 is 0 Å². The summed E-state index contributed by atoms with van der Waals surface area (Å²) >= 11 is 7.76. The van der Waals surface area contributed by atoms with Crippen LogP contribution in [0.1, 0.15) is 11.1 Å².